The number of rotatable bonds is 3. The van der Waals surface area contributed by atoms with Gasteiger partial charge in [0.1, 0.15) is 0 Å². The average Bonchev–Trinajstić information content (AvgIpc) is 3.81. The summed E-state index contributed by atoms with van der Waals surface area (Å²) in [5, 5.41) is 4.05. The van der Waals surface area contributed by atoms with Crippen molar-refractivity contribution in [2.75, 3.05) is 0 Å². The summed E-state index contributed by atoms with van der Waals surface area (Å²) in [6.45, 7) is 12.0. The van der Waals surface area contributed by atoms with Crippen LogP contribution in [-0.2, 0) is 12.8 Å². The summed E-state index contributed by atoms with van der Waals surface area (Å²) in [5.74, 6) is 0.791. The van der Waals surface area contributed by atoms with E-state index in [1.807, 2.05) is 0 Å². The fourth-order valence-electron chi connectivity index (χ4n) is 11.3. The van der Waals surface area contributed by atoms with Gasteiger partial charge in [0, 0.05) is 56.1 Å². The third-order valence-electron chi connectivity index (χ3n) is 14.2. The van der Waals surface area contributed by atoms with E-state index in [0.717, 1.165) is 38.5 Å². The number of fused-ring (bicyclic) bond motifs is 8. The topological polar surface area (TPSA) is 9.86 Å². The van der Waals surface area contributed by atoms with Crippen molar-refractivity contribution in [3.8, 4) is 0 Å². The third kappa shape index (κ3) is 7.23. The maximum Gasteiger partial charge on any atom is 0.0534 e. The highest BCUT2D eigenvalue weighted by Gasteiger charge is 2.29. The van der Waals surface area contributed by atoms with Crippen molar-refractivity contribution in [1.29, 1.82) is 0 Å². The minimum absolute atomic E-state index is 0.231. The lowest BCUT2D eigenvalue weighted by Crippen LogP contribution is -2.19. The molecule has 2 aliphatic carbocycles. The quantitative estimate of drug-likeness (QED) is 0.169. The summed E-state index contributed by atoms with van der Waals surface area (Å²) >= 11 is 0. The highest BCUT2D eigenvalue weighted by Crippen LogP contribution is 2.45. The molecule has 2 heterocycles. The fourth-order valence-corrected chi connectivity index (χ4v) is 11.3. The summed E-state index contributed by atoms with van der Waals surface area (Å²) < 4.78 is 5.32. The molecule has 3 atom stereocenters. The Morgan fingerprint density at radius 3 is 2.02 bits per heavy atom. The molecule has 3 unspecified atom stereocenters. The van der Waals surface area contributed by atoms with Crippen molar-refractivity contribution in [2.45, 2.75) is 111 Å². The summed E-state index contributed by atoms with van der Waals surface area (Å²) in [4.78, 5) is 0. The number of aromatic nitrogens is 2. The number of allylic oxidation sites excluding steroid dienone is 7. The Hall–Kier alpha value is -5.60. The molecular weight excluding hydrogens is 725 g/mol. The molecule has 2 aromatic heterocycles. The molecule has 0 aliphatic heterocycles. The zero-order valence-electron chi connectivity index (χ0n) is 36.6. The Morgan fingerprint density at radius 2 is 1.28 bits per heavy atom. The highest BCUT2D eigenvalue weighted by molar-refractivity contribution is 6.08. The molecule has 0 saturated carbocycles. The van der Waals surface area contributed by atoms with Crippen LogP contribution in [-0.4, -0.2) is 9.13 Å². The van der Waals surface area contributed by atoms with Crippen LogP contribution in [0.2, 0.25) is 0 Å². The van der Waals surface area contributed by atoms with Crippen molar-refractivity contribution >= 4 is 55.6 Å². The molecular formula is C58H62N2. The van der Waals surface area contributed by atoms with Gasteiger partial charge in [0.25, 0.3) is 0 Å². The SMILES string of the molecule is CC=C1/C(=C(\C)n2c3c(c4ccccc42)C=CCC3)CCCC(C(C)n2c3ccccc3c3ccccc32)/C(=C\C)c2ccccc2C(C)CCCCCc2ccccc21. The summed E-state index contributed by atoms with van der Waals surface area (Å²) in [5.41, 5.74) is 18.4. The molecule has 0 bridgehead atoms. The van der Waals surface area contributed by atoms with Crippen LogP contribution in [0.25, 0.3) is 55.6 Å². The Balaban J connectivity index is 1.22. The fraction of sp³-hybridized carbons (Fsp3) is 0.310. The lowest BCUT2D eigenvalue weighted by molar-refractivity contribution is 0.413. The number of nitrogens with zero attached hydrogens (tertiary/aromatic N) is 2. The Kier molecular flexibility index (Phi) is 11.7. The number of hydrogen-bond donors (Lipinski definition) is 0. The van der Waals surface area contributed by atoms with Gasteiger partial charge in [-0.05, 0) is 142 Å². The molecule has 0 radical (unpaired) electrons. The zero-order valence-corrected chi connectivity index (χ0v) is 36.6. The molecule has 2 nitrogen and oxygen atoms in total. The van der Waals surface area contributed by atoms with Gasteiger partial charge in [-0.15, -0.1) is 0 Å². The van der Waals surface area contributed by atoms with Crippen molar-refractivity contribution in [1.82, 2.24) is 9.13 Å². The second-order valence-corrected chi connectivity index (χ2v) is 17.6. The van der Waals surface area contributed by atoms with Crippen LogP contribution in [0, 0.1) is 5.92 Å². The van der Waals surface area contributed by atoms with Crippen LogP contribution in [0.15, 0.2) is 145 Å². The zero-order chi connectivity index (χ0) is 41.2. The molecule has 2 aliphatic rings. The number of aryl methyl sites for hydroxylation is 1. The van der Waals surface area contributed by atoms with Gasteiger partial charge in [-0.25, -0.2) is 0 Å². The van der Waals surface area contributed by atoms with E-state index in [0.29, 0.717) is 11.8 Å². The molecule has 5 aromatic carbocycles. The number of benzene rings is 5. The van der Waals surface area contributed by atoms with Gasteiger partial charge in [-0.2, -0.15) is 0 Å². The van der Waals surface area contributed by atoms with Gasteiger partial charge in [0.15, 0.2) is 0 Å². The Labute approximate surface area is 358 Å². The van der Waals surface area contributed by atoms with Crippen molar-refractivity contribution in [2.24, 2.45) is 5.92 Å². The minimum Gasteiger partial charge on any atom is -0.337 e. The average molecular weight is 787 g/mol. The van der Waals surface area contributed by atoms with Crippen LogP contribution < -0.4 is 0 Å². The monoisotopic (exact) mass is 786 g/mol. The first kappa shape index (κ1) is 39.8. The molecule has 2 heteroatoms. The van der Waals surface area contributed by atoms with E-state index in [1.54, 1.807) is 0 Å². The van der Waals surface area contributed by atoms with E-state index >= 15 is 0 Å². The smallest absolute Gasteiger partial charge is 0.0534 e. The predicted octanol–water partition coefficient (Wildman–Crippen LogP) is 16.4. The predicted molar refractivity (Wildman–Crippen MR) is 260 cm³/mol. The second-order valence-electron chi connectivity index (χ2n) is 17.6. The van der Waals surface area contributed by atoms with Gasteiger partial charge < -0.3 is 9.13 Å². The van der Waals surface area contributed by atoms with Gasteiger partial charge in [-0.3, -0.25) is 0 Å². The van der Waals surface area contributed by atoms with E-state index < -0.39 is 0 Å². The van der Waals surface area contributed by atoms with Crippen LogP contribution in [0.1, 0.15) is 131 Å². The summed E-state index contributed by atoms with van der Waals surface area (Å²) in [6, 6.07) is 46.2. The first-order valence-electron chi connectivity index (χ1n) is 23.0. The lowest BCUT2D eigenvalue weighted by atomic mass is 9.78. The first-order chi connectivity index (χ1) is 29.5. The van der Waals surface area contributed by atoms with Crippen LogP contribution in [0.3, 0.4) is 0 Å². The Bertz CT molecular complexity index is 2740. The van der Waals surface area contributed by atoms with Crippen LogP contribution >= 0.6 is 0 Å². The summed E-state index contributed by atoms with van der Waals surface area (Å²) in [7, 11) is 0. The number of para-hydroxylation sites is 3. The Morgan fingerprint density at radius 1 is 0.633 bits per heavy atom. The maximum atomic E-state index is 2.68. The normalized spacial score (nSPS) is 20.9. The lowest BCUT2D eigenvalue weighted by Gasteiger charge is -2.32. The largest absolute Gasteiger partial charge is 0.337 e. The van der Waals surface area contributed by atoms with Gasteiger partial charge in [0.05, 0.1) is 5.52 Å². The van der Waals surface area contributed by atoms with Crippen LogP contribution in [0.4, 0.5) is 0 Å². The molecule has 0 saturated heterocycles. The summed E-state index contributed by atoms with van der Waals surface area (Å²) in [6.07, 6.45) is 20.9. The standard InChI is InChI=1S/C58H62N2/c1-6-44-47(41(4)59-55-36-19-15-30-51(55)52-31-16-20-37-56(52)59)34-23-35-48(42(5)60-57-38-21-17-32-53(57)54-33-18-22-39-58(54)60)45(7-2)50-29-14-13-27-46(50)40(3)24-9-8-10-25-43-26-11-12-28-49(43)44/h6-7,11-19,21-22,26-33,36,38-40,42,48H,8-10,20,23-25,34-35,37H2,1-5H3/b44-6?,45-7+,47-41+. The second kappa shape index (κ2) is 17.6. The van der Waals surface area contributed by atoms with E-state index in [9.17, 15) is 0 Å². The van der Waals surface area contributed by atoms with Crippen molar-refractivity contribution < 1.29 is 0 Å². The van der Waals surface area contributed by atoms with Crippen molar-refractivity contribution in [3.05, 3.63) is 179 Å². The molecule has 304 valence electrons. The van der Waals surface area contributed by atoms with Crippen molar-refractivity contribution in [3.63, 3.8) is 0 Å². The molecule has 7 aromatic rings. The number of hydrogen-bond acceptors (Lipinski definition) is 0. The maximum absolute atomic E-state index is 2.68. The third-order valence-corrected chi connectivity index (χ3v) is 14.2. The first-order valence-corrected chi connectivity index (χ1v) is 23.0. The molecule has 0 N–H and O–H groups in total. The molecule has 60 heavy (non-hydrogen) atoms. The minimum atomic E-state index is 0.231. The van der Waals surface area contributed by atoms with E-state index in [2.05, 4.69) is 189 Å². The molecule has 9 rings (SSSR count). The molecule has 0 fully saturated rings. The van der Waals surface area contributed by atoms with E-state index in [4.69, 9.17) is 0 Å². The molecule has 0 amide bonds. The van der Waals surface area contributed by atoms with E-state index in [-0.39, 0.29) is 6.04 Å². The van der Waals surface area contributed by atoms with Gasteiger partial charge in [-0.1, -0.05) is 147 Å². The van der Waals surface area contributed by atoms with Crippen LogP contribution in [0.5, 0.6) is 0 Å². The van der Waals surface area contributed by atoms with Gasteiger partial charge >= 0.3 is 0 Å². The van der Waals surface area contributed by atoms with E-state index in [1.165, 1.54) is 114 Å². The highest BCUT2D eigenvalue weighted by atomic mass is 15.0. The van der Waals surface area contributed by atoms with Gasteiger partial charge in [0.2, 0.25) is 0 Å². The molecule has 0 spiro atoms.